The van der Waals surface area contributed by atoms with E-state index in [0.29, 0.717) is 5.56 Å². The molecule has 3 heterocycles. The Bertz CT molecular complexity index is 2690. The highest BCUT2D eigenvalue weighted by atomic mass is 14.7. The maximum atomic E-state index is 9.29. The monoisotopic (exact) mass is 584 g/mol. The number of nitrogens with zero attached hydrogens (tertiary/aromatic N) is 4. The average molecular weight is 585 g/mol. The average Bonchev–Trinajstić information content (AvgIpc) is 3.14. The summed E-state index contributed by atoms with van der Waals surface area (Å²) in [7, 11) is 0. The summed E-state index contributed by atoms with van der Waals surface area (Å²) in [5.41, 5.74) is 9.83. The zero-order valence-electron chi connectivity index (χ0n) is 24.6. The molecule has 0 spiro atoms. The van der Waals surface area contributed by atoms with Gasteiger partial charge in [-0.3, -0.25) is 9.97 Å². The Morgan fingerprint density at radius 2 is 1.04 bits per heavy atom. The van der Waals surface area contributed by atoms with Crippen LogP contribution in [0, 0.1) is 11.3 Å². The lowest BCUT2D eigenvalue weighted by Crippen LogP contribution is -1.95. The van der Waals surface area contributed by atoms with Crippen LogP contribution in [0.25, 0.3) is 87.8 Å². The lowest BCUT2D eigenvalue weighted by Gasteiger charge is -2.16. The van der Waals surface area contributed by atoms with Gasteiger partial charge >= 0.3 is 0 Å². The van der Waals surface area contributed by atoms with E-state index >= 15 is 0 Å². The van der Waals surface area contributed by atoms with E-state index in [1.807, 2.05) is 54.9 Å². The van der Waals surface area contributed by atoms with Crippen molar-refractivity contribution in [3.63, 3.8) is 0 Å². The summed E-state index contributed by atoms with van der Waals surface area (Å²) in [5, 5.41) is 17.0. The van der Waals surface area contributed by atoms with Crippen molar-refractivity contribution in [2.45, 2.75) is 0 Å². The van der Waals surface area contributed by atoms with Crippen LogP contribution in [0.15, 0.2) is 146 Å². The van der Waals surface area contributed by atoms with Crippen LogP contribution in [0.2, 0.25) is 0 Å². The predicted octanol–water partition coefficient (Wildman–Crippen LogP) is 10.5. The number of pyridine rings is 3. The van der Waals surface area contributed by atoms with Crippen LogP contribution in [0.3, 0.4) is 0 Å². The molecule has 6 aromatic carbocycles. The first-order valence-corrected chi connectivity index (χ1v) is 15.3. The minimum absolute atomic E-state index is 0.656. The molecule has 3 aromatic heterocycles. The van der Waals surface area contributed by atoms with Crippen LogP contribution in [-0.4, -0.2) is 15.0 Å². The van der Waals surface area contributed by atoms with Crippen LogP contribution in [-0.2, 0) is 0 Å². The Morgan fingerprint density at radius 1 is 0.457 bits per heavy atom. The van der Waals surface area contributed by atoms with Crippen LogP contribution < -0.4 is 0 Å². The molecule has 212 valence electrons. The Hall–Kier alpha value is -6.44. The largest absolute Gasteiger partial charge is 0.254 e. The normalized spacial score (nSPS) is 11.5. The smallest absolute Gasteiger partial charge is 0.0991 e. The Labute approximate surface area is 264 Å². The highest BCUT2D eigenvalue weighted by Crippen LogP contribution is 2.43. The molecular weight excluding hydrogens is 560 g/mol. The van der Waals surface area contributed by atoms with E-state index in [0.717, 1.165) is 82.4 Å². The molecule has 0 atom stereocenters. The number of rotatable bonds is 3. The van der Waals surface area contributed by atoms with Crippen LogP contribution in [0.5, 0.6) is 0 Å². The van der Waals surface area contributed by atoms with Gasteiger partial charge in [0.15, 0.2) is 0 Å². The van der Waals surface area contributed by atoms with Gasteiger partial charge in [0.2, 0.25) is 0 Å². The van der Waals surface area contributed by atoms with Gasteiger partial charge in [0.1, 0.15) is 0 Å². The molecule has 4 nitrogen and oxygen atoms in total. The van der Waals surface area contributed by atoms with Gasteiger partial charge in [0, 0.05) is 44.9 Å². The molecule has 0 bridgehead atoms. The molecule has 0 N–H and O–H groups in total. The number of hydrogen-bond donors (Lipinski definition) is 0. The van der Waals surface area contributed by atoms with Gasteiger partial charge in [-0.1, -0.05) is 103 Å². The van der Waals surface area contributed by atoms with Gasteiger partial charge in [-0.15, -0.1) is 0 Å². The molecule has 9 aromatic rings. The SMILES string of the molecule is N#Cc1ccc(-c2ccc(-c3ccc4c(c3)nc(-c3ccccc3)c3c5cccnc5c5ncccc5c43)c3ccccc23)cc1. The highest BCUT2D eigenvalue weighted by molar-refractivity contribution is 6.32. The minimum Gasteiger partial charge on any atom is -0.254 e. The maximum absolute atomic E-state index is 9.29. The lowest BCUT2D eigenvalue weighted by molar-refractivity contribution is 1.38. The molecule has 0 radical (unpaired) electrons. The topological polar surface area (TPSA) is 62.5 Å². The Kier molecular flexibility index (Phi) is 5.84. The summed E-state index contributed by atoms with van der Waals surface area (Å²) in [6, 6.07) is 48.3. The van der Waals surface area contributed by atoms with Gasteiger partial charge < -0.3 is 0 Å². The zero-order valence-corrected chi connectivity index (χ0v) is 24.6. The molecule has 0 saturated carbocycles. The number of aromatic nitrogens is 3. The fourth-order valence-electron chi connectivity index (χ4n) is 6.90. The first kappa shape index (κ1) is 26.0. The van der Waals surface area contributed by atoms with E-state index in [-0.39, 0.29) is 0 Å². The molecular formula is C42H24N4. The van der Waals surface area contributed by atoms with Crippen molar-refractivity contribution in [3.05, 3.63) is 151 Å². The molecule has 0 unspecified atom stereocenters. The third-order valence-corrected chi connectivity index (χ3v) is 8.97. The van der Waals surface area contributed by atoms with Gasteiger partial charge in [0.25, 0.3) is 0 Å². The van der Waals surface area contributed by atoms with Crippen LogP contribution >= 0.6 is 0 Å². The maximum Gasteiger partial charge on any atom is 0.0991 e. The third kappa shape index (κ3) is 3.96. The standard InChI is InChI=1S/C42H24N4/c43-25-26-14-16-27(17-15-26)30-20-21-31(33-11-5-4-10-32(30)33)29-18-19-34-37(24-29)46-40(28-8-2-1-3-9-28)39-36-13-7-23-45-42(36)41-35(38(34)39)12-6-22-44-41/h1-24H. The van der Waals surface area contributed by atoms with Gasteiger partial charge in [0.05, 0.1) is 33.9 Å². The van der Waals surface area contributed by atoms with Gasteiger partial charge in [-0.2, -0.15) is 5.26 Å². The lowest BCUT2D eigenvalue weighted by atomic mass is 9.90. The van der Waals surface area contributed by atoms with Gasteiger partial charge in [-0.25, -0.2) is 4.98 Å². The summed E-state index contributed by atoms with van der Waals surface area (Å²) < 4.78 is 0. The molecule has 0 aliphatic heterocycles. The number of nitriles is 1. The van der Waals surface area contributed by atoms with E-state index in [1.165, 1.54) is 5.39 Å². The summed E-state index contributed by atoms with van der Waals surface area (Å²) >= 11 is 0. The second-order valence-electron chi connectivity index (χ2n) is 11.5. The third-order valence-electron chi connectivity index (χ3n) is 8.97. The molecule has 46 heavy (non-hydrogen) atoms. The van der Waals surface area contributed by atoms with Crippen molar-refractivity contribution in [2.75, 3.05) is 0 Å². The highest BCUT2D eigenvalue weighted by Gasteiger charge is 2.19. The Morgan fingerprint density at radius 3 is 1.72 bits per heavy atom. The first-order chi connectivity index (χ1) is 22.8. The van der Waals surface area contributed by atoms with E-state index in [1.54, 1.807) is 0 Å². The van der Waals surface area contributed by atoms with E-state index in [9.17, 15) is 5.26 Å². The summed E-state index contributed by atoms with van der Waals surface area (Å²) in [4.78, 5) is 15.0. The second-order valence-corrected chi connectivity index (χ2v) is 11.5. The predicted molar refractivity (Wildman–Crippen MR) is 188 cm³/mol. The van der Waals surface area contributed by atoms with Crippen molar-refractivity contribution in [1.82, 2.24) is 15.0 Å². The van der Waals surface area contributed by atoms with Crippen molar-refractivity contribution >= 4 is 54.3 Å². The van der Waals surface area contributed by atoms with E-state index in [4.69, 9.17) is 15.0 Å². The molecule has 0 aliphatic carbocycles. The van der Waals surface area contributed by atoms with Crippen molar-refractivity contribution in [3.8, 4) is 39.6 Å². The summed E-state index contributed by atoms with van der Waals surface area (Å²) in [6.07, 6.45) is 3.68. The van der Waals surface area contributed by atoms with E-state index in [2.05, 4.69) is 97.1 Å². The van der Waals surface area contributed by atoms with Crippen molar-refractivity contribution < 1.29 is 0 Å². The van der Waals surface area contributed by atoms with Gasteiger partial charge in [-0.05, 0) is 63.4 Å². The zero-order chi connectivity index (χ0) is 30.6. The van der Waals surface area contributed by atoms with Crippen molar-refractivity contribution in [2.24, 2.45) is 0 Å². The Balaban J connectivity index is 1.35. The number of benzene rings is 6. The summed E-state index contributed by atoms with van der Waals surface area (Å²) in [5.74, 6) is 0. The first-order valence-electron chi connectivity index (χ1n) is 15.3. The van der Waals surface area contributed by atoms with Crippen LogP contribution in [0.4, 0.5) is 0 Å². The number of hydrogen-bond acceptors (Lipinski definition) is 4. The second kappa shape index (κ2) is 10.3. The van der Waals surface area contributed by atoms with E-state index < -0.39 is 0 Å². The molecule has 0 saturated heterocycles. The quantitative estimate of drug-likeness (QED) is 0.194. The number of fused-ring (bicyclic) bond motifs is 9. The molecule has 0 amide bonds. The van der Waals surface area contributed by atoms with Crippen LogP contribution in [0.1, 0.15) is 5.56 Å². The van der Waals surface area contributed by atoms with Crippen molar-refractivity contribution in [1.29, 1.82) is 5.26 Å². The summed E-state index contributed by atoms with van der Waals surface area (Å²) in [6.45, 7) is 0. The molecule has 0 fully saturated rings. The fraction of sp³-hybridized carbons (Fsp3) is 0. The molecule has 0 aliphatic rings. The molecule has 4 heteroatoms. The molecule has 9 rings (SSSR count). The fourth-order valence-corrected chi connectivity index (χ4v) is 6.90. The minimum atomic E-state index is 0.656.